The van der Waals surface area contributed by atoms with Crippen molar-refractivity contribution in [2.24, 2.45) is 7.05 Å². The van der Waals surface area contributed by atoms with Crippen LogP contribution in [0.4, 0.5) is 5.69 Å². The summed E-state index contributed by atoms with van der Waals surface area (Å²) in [6.45, 7) is 0.220. The summed E-state index contributed by atoms with van der Waals surface area (Å²) in [7, 11) is -1.85. The molecule has 0 saturated heterocycles. The maximum absolute atomic E-state index is 11.9. The molecule has 1 aromatic carbocycles. The van der Waals surface area contributed by atoms with Crippen LogP contribution >= 0.6 is 0 Å². The van der Waals surface area contributed by atoms with Crippen LogP contribution in [0.25, 0.3) is 0 Å². The van der Waals surface area contributed by atoms with Crippen molar-refractivity contribution in [1.29, 1.82) is 0 Å². The Kier molecular flexibility index (Phi) is 3.35. The molecule has 1 aromatic heterocycles. The minimum atomic E-state index is -3.51. The number of benzene rings is 1. The van der Waals surface area contributed by atoms with Gasteiger partial charge in [-0.1, -0.05) is 12.1 Å². The molecule has 1 heterocycles. The Morgan fingerprint density at radius 2 is 2.00 bits per heavy atom. The van der Waals surface area contributed by atoms with Crippen LogP contribution < -0.4 is 10.5 Å². The number of hydrogen-bond donors (Lipinski definition) is 2. The first kappa shape index (κ1) is 12.6. The lowest BCUT2D eigenvalue weighted by Gasteiger charge is -2.05. The number of hydrogen-bond acceptors (Lipinski definition) is 4. The van der Waals surface area contributed by atoms with Crippen molar-refractivity contribution < 1.29 is 8.42 Å². The number of aromatic nitrogens is 2. The molecule has 0 aliphatic rings. The van der Waals surface area contributed by atoms with Gasteiger partial charge >= 0.3 is 0 Å². The van der Waals surface area contributed by atoms with Gasteiger partial charge in [0.25, 0.3) is 0 Å². The van der Waals surface area contributed by atoms with Gasteiger partial charge in [-0.15, -0.1) is 0 Å². The molecule has 0 amide bonds. The molecule has 7 heteroatoms. The quantitative estimate of drug-likeness (QED) is 0.788. The molecule has 0 aliphatic heterocycles. The summed E-state index contributed by atoms with van der Waals surface area (Å²) in [5, 5.41) is 3.83. The van der Waals surface area contributed by atoms with E-state index in [1.165, 1.54) is 17.1 Å². The Bertz CT molecular complexity index is 631. The highest BCUT2D eigenvalue weighted by Crippen LogP contribution is 2.09. The maximum atomic E-state index is 11.9. The van der Waals surface area contributed by atoms with Gasteiger partial charge in [0.15, 0.2) is 0 Å². The van der Waals surface area contributed by atoms with Gasteiger partial charge in [0.05, 0.1) is 6.20 Å². The number of nitrogen functional groups attached to an aromatic ring is 1. The van der Waals surface area contributed by atoms with E-state index in [1.54, 1.807) is 31.3 Å². The molecule has 0 unspecified atom stereocenters. The van der Waals surface area contributed by atoms with Crippen molar-refractivity contribution in [3.8, 4) is 0 Å². The fourth-order valence-corrected chi connectivity index (χ4v) is 2.44. The molecule has 0 radical (unpaired) electrons. The summed E-state index contributed by atoms with van der Waals surface area (Å²) < 4.78 is 27.7. The second kappa shape index (κ2) is 4.79. The maximum Gasteiger partial charge on any atom is 0.243 e. The smallest absolute Gasteiger partial charge is 0.243 e. The van der Waals surface area contributed by atoms with Gasteiger partial charge in [0.1, 0.15) is 4.90 Å². The van der Waals surface area contributed by atoms with Crippen molar-refractivity contribution in [1.82, 2.24) is 14.5 Å². The Morgan fingerprint density at radius 3 is 2.56 bits per heavy atom. The number of sulfonamides is 1. The van der Waals surface area contributed by atoms with Crippen LogP contribution in [0, 0.1) is 0 Å². The average molecular weight is 266 g/mol. The van der Waals surface area contributed by atoms with Gasteiger partial charge in [-0.25, -0.2) is 13.1 Å². The summed E-state index contributed by atoms with van der Waals surface area (Å²) in [5.74, 6) is 0. The van der Waals surface area contributed by atoms with E-state index in [0.29, 0.717) is 5.69 Å². The Labute approximate surface area is 105 Å². The molecule has 96 valence electrons. The fourth-order valence-electron chi connectivity index (χ4n) is 1.43. The molecule has 0 saturated carbocycles. The zero-order valence-corrected chi connectivity index (χ0v) is 10.7. The molecular weight excluding hydrogens is 252 g/mol. The molecule has 18 heavy (non-hydrogen) atoms. The summed E-state index contributed by atoms with van der Waals surface area (Å²) >= 11 is 0. The molecule has 3 N–H and O–H groups in total. The number of aryl methyl sites for hydroxylation is 1. The zero-order chi connectivity index (χ0) is 13.2. The third-order valence-electron chi connectivity index (χ3n) is 2.44. The van der Waals surface area contributed by atoms with Gasteiger partial charge in [-0.05, 0) is 17.7 Å². The van der Waals surface area contributed by atoms with E-state index >= 15 is 0 Å². The fraction of sp³-hybridized carbons (Fsp3) is 0.182. The highest BCUT2D eigenvalue weighted by atomic mass is 32.2. The standard InChI is InChI=1S/C11H14N4O2S/c1-15-8-11(7-13-15)18(16,17)14-6-9-2-4-10(12)5-3-9/h2-5,7-8,14H,6,12H2,1H3. The number of nitrogens with two attached hydrogens (primary N) is 1. The third-order valence-corrected chi connectivity index (χ3v) is 3.79. The second-order valence-corrected chi connectivity index (χ2v) is 5.68. The predicted octanol–water partition coefficient (Wildman–Crippen LogP) is 0.481. The summed E-state index contributed by atoms with van der Waals surface area (Å²) in [6, 6.07) is 7.02. The van der Waals surface area contributed by atoms with E-state index in [9.17, 15) is 8.42 Å². The number of anilines is 1. The van der Waals surface area contributed by atoms with Crippen molar-refractivity contribution in [3.63, 3.8) is 0 Å². The monoisotopic (exact) mass is 266 g/mol. The molecule has 0 aliphatic carbocycles. The van der Waals surface area contributed by atoms with Crippen molar-refractivity contribution in [2.45, 2.75) is 11.4 Å². The molecular formula is C11H14N4O2S. The lowest BCUT2D eigenvalue weighted by atomic mass is 10.2. The highest BCUT2D eigenvalue weighted by molar-refractivity contribution is 7.89. The van der Waals surface area contributed by atoms with Gasteiger partial charge in [-0.2, -0.15) is 5.10 Å². The Morgan fingerprint density at radius 1 is 1.33 bits per heavy atom. The van der Waals surface area contributed by atoms with E-state index in [2.05, 4.69) is 9.82 Å². The molecule has 0 fully saturated rings. The SMILES string of the molecule is Cn1cc(S(=O)(=O)NCc2ccc(N)cc2)cn1. The van der Waals surface area contributed by atoms with Crippen LogP contribution in [0.5, 0.6) is 0 Å². The van der Waals surface area contributed by atoms with E-state index < -0.39 is 10.0 Å². The Hall–Kier alpha value is -1.86. The average Bonchev–Trinajstić information content (AvgIpc) is 2.76. The minimum absolute atomic E-state index is 0.153. The lowest BCUT2D eigenvalue weighted by Crippen LogP contribution is -2.22. The number of rotatable bonds is 4. The first-order valence-electron chi connectivity index (χ1n) is 5.30. The molecule has 2 aromatic rings. The Balaban J connectivity index is 2.08. The highest BCUT2D eigenvalue weighted by Gasteiger charge is 2.15. The summed E-state index contributed by atoms with van der Waals surface area (Å²) in [6.07, 6.45) is 2.76. The van der Waals surface area contributed by atoms with Gasteiger partial charge < -0.3 is 5.73 Å². The van der Waals surface area contributed by atoms with Crippen LogP contribution in [0.1, 0.15) is 5.56 Å². The largest absolute Gasteiger partial charge is 0.399 e. The molecule has 0 atom stereocenters. The lowest BCUT2D eigenvalue weighted by molar-refractivity contribution is 0.581. The van der Waals surface area contributed by atoms with E-state index in [0.717, 1.165) is 5.56 Å². The van der Waals surface area contributed by atoms with E-state index in [1.807, 2.05) is 0 Å². The molecule has 6 nitrogen and oxygen atoms in total. The van der Waals surface area contributed by atoms with Crippen LogP contribution in [-0.4, -0.2) is 18.2 Å². The number of nitrogens with one attached hydrogen (secondary N) is 1. The van der Waals surface area contributed by atoms with Crippen LogP contribution in [0.3, 0.4) is 0 Å². The van der Waals surface area contributed by atoms with Crippen molar-refractivity contribution in [2.75, 3.05) is 5.73 Å². The first-order valence-corrected chi connectivity index (χ1v) is 6.78. The summed E-state index contributed by atoms with van der Waals surface area (Å²) in [4.78, 5) is 0.153. The van der Waals surface area contributed by atoms with Crippen LogP contribution in [0.2, 0.25) is 0 Å². The van der Waals surface area contributed by atoms with Crippen molar-refractivity contribution >= 4 is 15.7 Å². The van der Waals surface area contributed by atoms with Gasteiger partial charge in [0, 0.05) is 25.5 Å². The van der Waals surface area contributed by atoms with Crippen molar-refractivity contribution in [3.05, 3.63) is 42.2 Å². The second-order valence-electron chi connectivity index (χ2n) is 3.92. The van der Waals surface area contributed by atoms with Crippen LogP contribution in [-0.2, 0) is 23.6 Å². The third kappa shape index (κ3) is 2.88. The molecule has 0 bridgehead atoms. The van der Waals surface area contributed by atoms with Gasteiger partial charge in [-0.3, -0.25) is 4.68 Å². The zero-order valence-electron chi connectivity index (χ0n) is 9.87. The van der Waals surface area contributed by atoms with Crippen LogP contribution in [0.15, 0.2) is 41.6 Å². The topological polar surface area (TPSA) is 90.0 Å². The number of nitrogens with zero attached hydrogens (tertiary/aromatic N) is 2. The van der Waals surface area contributed by atoms with E-state index in [4.69, 9.17) is 5.73 Å². The molecule has 0 spiro atoms. The first-order chi connectivity index (χ1) is 8.47. The normalized spacial score (nSPS) is 11.6. The van der Waals surface area contributed by atoms with E-state index in [-0.39, 0.29) is 11.4 Å². The molecule has 2 rings (SSSR count). The summed E-state index contributed by atoms with van der Waals surface area (Å²) in [5.41, 5.74) is 7.04. The minimum Gasteiger partial charge on any atom is -0.399 e. The predicted molar refractivity (Wildman–Crippen MR) is 68.1 cm³/mol. The van der Waals surface area contributed by atoms with Gasteiger partial charge in [0.2, 0.25) is 10.0 Å².